The predicted octanol–water partition coefficient (Wildman–Crippen LogP) is 4.81. The lowest BCUT2D eigenvalue weighted by molar-refractivity contribution is -0.0430. The van der Waals surface area contributed by atoms with E-state index in [-0.39, 0.29) is 0 Å². The summed E-state index contributed by atoms with van der Waals surface area (Å²) in [6.07, 6.45) is 14.4. The number of likely N-dealkylation sites (tertiary alicyclic amines) is 1. The standard InChI is InChI=1S/C24H40N2/c1-16-20-8-9-22-19-7-6-17-14-18(25(3)4)10-12-23(17,2)21(19)11-13-24(20,22)15-26(16)5/h6,16,18-22H,7-15H2,1-5H3/t16-,18-,19+,20+,21+,22+,23-,24-/m0/s1. The lowest BCUT2D eigenvalue weighted by Gasteiger charge is -2.58. The Bertz CT molecular complexity index is 609. The van der Waals surface area contributed by atoms with E-state index in [2.05, 4.69) is 50.9 Å². The highest BCUT2D eigenvalue weighted by Gasteiger charge is 2.63. The first-order valence-electron chi connectivity index (χ1n) is 11.4. The van der Waals surface area contributed by atoms with Gasteiger partial charge in [0.05, 0.1) is 0 Å². The second-order valence-corrected chi connectivity index (χ2v) is 11.2. The fourth-order valence-electron chi connectivity index (χ4n) is 8.88. The molecule has 0 aromatic carbocycles. The van der Waals surface area contributed by atoms with Crippen molar-refractivity contribution in [3.8, 4) is 0 Å². The van der Waals surface area contributed by atoms with Crippen molar-refractivity contribution in [2.24, 2.45) is 34.5 Å². The van der Waals surface area contributed by atoms with Gasteiger partial charge in [0.1, 0.15) is 0 Å². The van der Waals surface area contributed by atoms with Gasteiger partial charge in [0, 0.05) is 18.6 Å². The summed E-state index contributed by atoms with van der Waals surface area (Å²) in [5.41, 5.74) is 3.04. The molecular weight excluding hydrogens is 316 g/mol. The van der Waals surface area contributed by atoms with Crippen LogP contribution in [0, 0.1) is 34.5 Å². The summed E-state index contributed by atoms with van der Waals surface area (Å²) < 4.78 is 0. The van der Waals surface area contributed by atoms with E-state index in [0.29, 0.717) is 10.8 Å². The van der Waals surface area contributed by atoms with Gasteiger partial charge in [-0.15, -0.1) is 0 Å². The zero-order valence-corrected chi connectivity index (χ0v) is 17.8. The van der Waals surface area contributed by atoms with Crippen molar-refractivity contribution < 1.29 is 0 Å². The van der Waals surface area contributed by atoms with E-state index in [4.69, 9.17) is 0 Å². The number of allylic oxidation sites excluding steroid dienone is 1. The summed E-state index contributed by atoms with van der Waals surface area (Å²) in [7, 11) is 6.95. The van der Waals surface area contributed by atoms with Crippen LogP contribution in [0.3, 0.4) is 0 Å². The number of fused-ring (bicyclic) bond motifs is 4. The van der Waals surface area contributed by atoms with Crippen LogP contribution >= 0.6 is 0 Å². The van der Waals surface area contributed by atoms with E-state index < -0.39 is 0 Å². The van der Waals surface area contributed by atoms with Crippen LogP contribution in [0.2, 0.25) is 0 Å². The van der Waals surface area contributed by atoms with E-state index in [1.165, 1.54) is 57.9 Å². The molecule has 0 N–H and O–H groups in total. The molecule has 4 fully saturated rings. The maximum atomic E-state index is 2.74. The van der Waals surface area contributed by atoms with Crippen molar-refractivity contribution in [2.45, 2.75) is 77.3 Å². The molecule has 4 aliphatic carbocycles. The van der Waals surface area contributed by atoms with Crippen molar-refractivity contribution in [3.05, 3.63) is 11.6 Å². The van der Waals surface area contributed by atoms with Crippen molar-refractivity contribution in [1.82, 2.24) is 9.80 Å². The van der Waals surface area contributed by atoms with Crippen molar-refractivity contribution >= 4 is 0 Å². The van der Waals surface area contributed by atoms with Crippen molar-refractivity contribution in [1.29, 1.82) is 0 Å². The van der Waals surface area contributed by atoms with Gasteiger partial charge in [-0.05, 0) is 114 Å². The first-order chi connectivity index (χ1) is 12.4. The van der Waals surface area contributed by atoms with Gasteiger partial charge in [-0.25, -0.2) is 0 Å². The summed E-state index contributed by atoms with van der Waals surface area (Å²) in [6, 6.07) is 1.60. The van der Waals surface area contributed by atoms with Gasteiger partial charge in [0.2, 0.25) is 0 Å². The number of nitrogens with zero attached hydrogens (tertiary/aromatic N) is 2. The van der Waals surface area contributed by atoms with Gasteiger partial charge >= 0.3 is 0 Å². The molecule has 0 radical (unpaired) electrons. The highest BCUT2D eigenvalue weighted by molar-refractivity contribution is 5.26. The van der Waals surface area contributed by atoms with Gasteiger partial charge < -0.3 is 9.80 Å². The molecule has 5 rings (SSSR count). The van der Waals surface area contributed by atoms with Crippen LogP contribution in [0.25, 0.3) is 0 Å². The van der Waals surface area contributed by atoms with Gasteiger partial charge in [0.25, 0.3) is 0 Å². The zero-order chi connectivity index (χ0) is 18.3. The highest BCUT2D eigenvalue weighted by Crippen LogP contribution is 2.68. The maximum Gasteiger partial charge on any atom is 0.0127 e. The Morgan fingerprint density at radius 3 is 2.58 bits per heavy atom. The smallest absolute Gasteiger partial charge is 0.0127 e. The third-order valence-electron chi connectivity index (χ3n) is 10.4. The van der Waals surface area contributed by atoms with E-state index in [9.17, 15) is 0 Å². The van der Waals surface area contributed by atoms with E-state index in [1.807, 2.05) is 5.57 Å². The van der Waals surface area contributed by atoms with E-state index in [1.54, 1.807) is 0 Å². The Hall–Kier alpha value is -0.340. The molecule has 1 aliphatic heterocycles. The molecule has 1 spiro atoms. The van der Waals surface area contributed by atoms with Gasteiger partial charge in [-0.3, -0.25) is 0 Å². The third kappa shape index (κ3) is 2.18. The minimum atomic E-state index is 0.519. The Morgan fingerprint density at radius 1 is 1.04 bits per heavy atom. The molecule has 2 heteroatoms. The molecule has 0 aromatic rings. The largest absolute Gasteiger partial charge is 0.306 e. The summed E-state index contributed by atoms with van der Waals surface area (Å²) >= 11 is 0. The topological polar surface area (TPSA) is 6.48 Å². The minimum absolute atomic E-state index is 0.519. The average Bonchev–Trinajstić information content (AvgIpc) is 3.08. The first kappa shape index (κ1) is 17.7. The zero-order valence-electron chi connectivity index (χ0n) is 17.8. The van der Waals surface area contributed by atoms with Crippen LogP contribution in [-0.2, 0) is 0 Å². The number of rotatable bonds is 1. The summed E-state index contributed by atoms with van der Waals surface area (Å²) in [6.45, 7) is 6.56. The van der Waals surface area contributed by atoms with E-state index >= 15 is 0 Å². The SMILES string of the molecule is C[C@H]1[C@H]2CC[C@@H]3[C@@H]4CC=C5C[C@@H](N(C)C)CC[C@]5(C)[C@@H]4CC[C@@]32CN1C. The van der Waals surface area contributed by atoms with Crippen LogP contribution in [-0.4, -0.2) is 49.6 Å². The molecule has 3 saturated carbocycles. The van der Waals surface area contributed by atoms with Crippen LogP contribution < -0.4 is 0 Å². The van der Waals surface area contributed by atoms with Gasteiger partial charge in [-0.1, -0.05) is 18.6 Å². The first-order valence-corrected chi connectivity index (χ1v) is 11.4. The Balaban J connectivity index is 1.45. The second-order valence-electron chi connectivity index (χ2n) is 11.2. The average molecular weight is 357 g/mol. The van der Waals surface area contributed by atoms with E-state index in [0.717, 1.165) is 35.8 Å². The molecule has 8 atom stereocenters. The molecule has 2 nitrogen and oxygen atoms in total. The lowest BCUT2D eigenvalue weighted by atomic mass is 9.47. The van der Waals surface area contributed by atoms with Crippen LogP contribution in [0.4, 0.5) is 0 Å². The molecular formula is C24H40N2. The summed E-state index contributed by atoms with van der Waals surface area (Å²) in [5.74, 6) is 3.96. The minimum Gasteiger partial charge on any atom is -0.306 e. The van der Waals surface area contributed by atoms with Gasteiger partial charge in [-0.2, -0.15) is 0 Å². The van der Waals surface area contributed by atoms with Crippen LogP contribution in [0.15, 0.2) is 11.6 Å². The normalized spacial score (nSPS) is 53.7. The molecule has 146 valence electrons. The Morgan fingerprint density at radius 2 is 1.81 bits per heavy atom. The maximum absolute atomic E-state index is 2.74. The fraction of sp³-hybridized carbons (Fsp3) is 0.917. The highest BCUT2D eigenvalue weighted by atomic mass is 15.2. The Kier molecular flexibility index (Phi) is 3.98. The van der Waals surface area contributed by atoms with Crippen molar-refractivity contribution in [3.63, 3.8) is 0 Å². The second kappa shape index (κ2) is 5.83. The molecule has 0 bridgehead atoms. The lowest BCUT2D eigenvalue weighted by Crippen LogP contribution is -2.52. The third-order valence-corrected chi connectivity index (χ3v) is 10.4. The van der Waals surface area contributed by atoms with Gasteiger partial charge in [0.15, 0.2) is 0 Å². The molecule has 5 aliphatic rings. The molecule has 1 saturated heterocycles. The molecule has 0 unspecified atom stereocenters. The molecule has 0 aromatic heterocycles. The van der Waals surface area contributed by atoms with Crippen LogP contribution in [0.5, 0.6) is 0 Å². The summed E-state index contributed by atoms with van der Waals surface area (Å²) in [4.78, 5) is 5.17. The fourth-order valence-corrected chi connectivity index (χ4v) is 8.88. The number of hydrogen-bond donors (Lipinski definition) is 0. The quantitative estimate of drug-likeness (QED) is 0.622. The Labute approximate surface area is 161 Å². The number of hydrogen-bond acceptors (Lipinski definition) is 2. The van der Waals surface area contributed by atoms with Crippen LogP contribution in [0.1, 0.15) is 65.2 Å². The van der Waals surface area contributed by atoms with Crippen molar-refractivity contribution in [2.75, 3.05) is 27.7 Å². The monoisotopic (exact) mass is 356 g/mol. The molecule has 1 heterocycles. The molecule has 0 amide bonds. The summed E-state index contributed by atoms with van der Waals surface area (Å²) in [5, 5.41) is 0. The predicted molar refractivity (Wildman–Crippen MR) is 109 cm³/mol. The molecule has 26 heavy (non-hydrogen) atoms.